The molecule has 102 valence electrons. The second-order valence-corrected chi connectivity index (χ2v) is 4.82. The summed E-state index contributed by atoms with van der Waals surface area (Å²) < 4.78 is 10.6. The maximum Gasteiger partial charge on any atom is 0.342 e. The Hall–Kier alpha value is -1.84. The molecule has 0 aromatic heterocycles. The normalized spacial score (nSPS) is 17.6. The molecule has 0 saturated heterocycles. The van der Waals surface area contributed by atoms with Crippen molar-refractivity contribution in [3.63, 3.8) is 0 Å². The van der Waals surface area contributed by atoms with E-state index in [0.717, 1.165) is 18.4 Å². The largest absolute Gasteiger partial charge is 0.496 e. The zero-order valence-corrected chi connectivity index (χ0v) is 11.3. The van der Waals surface area contributed by atoms with Crippen LogP contribution in [0.4, 0.5) is 0 Å². The van der Waals surface area contributed by atoms with Crippen LogP contribution < -0.4 is 4.74 Å². The van der Waals surface area contributed by atoms with E-state index in [-0.39, 0.29) is 17.9 Å². The smallest absolute Gasteiger partial charge is 0.342 e. The summed E-state index contributed by atoms with van der Waals surface area (Å²) in [5.41, 5.74) is 1.50. The lowest BCUT2D eigenvalue weighted by atomic mass is 9.95. The van der Waals surface area contributed by atoms with Gasteiger partial charge in [-0.2, -0.15) is 0 Å². The molecule has 0 fully saturated rings. The van der Waals surface area contributed by atoms with Crippen LogP contribution in [0, 0.1) is 0 Å². The Morgan fingerprint density at radius 2 is 2.26 bits per heavy atom. The van der Waals surface area contributed by atoms with Crippen molar-refractivity contribution < 1.29 is 19.1 Å². The molecular formula is C15H18O4. The zero-order valence-electron chi connectivity index (χ0n) is 11.3. The summed E-state index contributed by atoms with van der Waals surface area (Å²) >= 11 is 0. The van der Waals surface area contributed by atoms with E-state index < -0.39 is 0 Å². The number of fused-ring (bicyclic) bond motifs is 1. The highest BCUT2D eigenvalue weighted by atomic mass is 16.5. The molecule has 2 rings (SSSR count). The number of ketones is 1. The van der Waals surface area contributed by atoms with E-state index in [4.69, 9.17) is 9.47 Å². The number of methoxy groups -OCH3 is 1. The molecule has 0 unspecified atom stereocenters. The highest BCUT2D eigenvalue weighted by Gasteiger charge is 2.28. The average molecular weight is 262 g/mol. The van der Waals surface area contributed by atoms with Gasteiger partial charge >= 0.3 is 5.97 Å². The number of cyclic esters (lactones) is 1. The van der Waals surface area contributed by atoms with Crippen molar-refractivity contribution >= 4 is 11.8 Å². The number of esters is 1. The van der Waals surface area contributed by atoms with Gasteiger partial charge in [-0.1, -0.05) is 12.1 Å². The highest BCUT2D eigenvalue weighted by Crippen LogP contribution is 2.30. The number of rotatable bonds is 5. The van der Waals surface area contributed by atoms with E-state index in [1.54, 1.807) is 20.1 Å². The van der Waals surface area contributed by atoms with Gasteiger partial charge in [-0.25, -0.2) is 4.79 Å². The van der Waals surface area contributed by atoms with E-state index >= 15 is 0 Å². The molecule has 4 heteroatoms. The first-order valence-corrected chi connectivity index (χ1v) is 6.48. The van der Waals surface area contributed by atoms with E-state index in [2.05, 4.69) is 0 Å². The lowest BCUT2D eigenvalue weighted by Gasteiger charge is -2.25. The van der Waals surface area contributed by atoms with Gasteiger partial charge in [0.05, 0.1) is 7.11 Å². The van der Waals surface area contributed by atoms with Crippen molar-refractivity contribution in [3.05, 3.63) is 29.3 Å². The van der Waals surface area contributed by atoms with Gasteiger partial charge in [0.25, 0.3) is 0 Å². The number of Topliss-reactive ketones (excluding diaryl/α,β-unsaturated/α-hetero) is 1. The van der Waals surface area contributed by atoms with Crippen molar-refractivity contribution in [2.24, 2.45) is 0 Å². The maximum absolute atomic E-state index is 12.0. The third-order valence-corrected chi connectivity index (χ3v) is 3.31. The van der Waals surface area contributed by atoms with Crippen LogP contribution in [-0.4, -0.2) is 25.0 Å². The predicted molar refractivity (Wildman–Crippen MR) is 70.4 cm³/mol. The summed E-state index contributed by atoms with van der Waals surface area (Å²) in [5.74, 6) is 0.403. The molecule has 0 aliphatic carbocycles. The number of hydrogen-bond acceptors (Lipinski definition) is 4. The first-order chi connectivity index (χ1) is 9.11. The fourth-order valence-electron chi connectivity index (χ4n) is 2.39. The Balaban J connectivity index is 2.08. The van der Waals surface area contributed by atoms with Crippen LogP contribution in [0.5, 0.6) is 5.75 Å². The van der Waals surface area contributed by atoms with Gasteiger partial charge < -0.3 is 14.3 Å². The van der Waals surface area contributed by atoms with E-state index in [9.17, 15) is 9.59 Å². The van der Waals surface area contributed by atoms with Crippen LogP contribution in [0.1, 0.15) is 42.1 Å². The molecule has 1 atom stereocenters. The van der Waals surface area contributed by atoms with Crippen LogP contribution in [0.3, 0.4) is 0 Å². The molecular weight excluding hydrogens is 244 g/mol. The topological polar surface area (TPSA) is 52.6 Å². The molecule has 1 heterocycles. The maximum atomic E-state index is 12.0. The molecule has 4 nitrogen and oxygen atoms in total. The van der Waals surface area contributed by atoms with Gasteiger partial charge in [0, 0.05) is 12.8 Å². The molecule has 19 heavy (non-hydrogen) atoms. The van der Waals surface area contributed by atoms with Crippen LogP contribution in [0.15, 0.2) is 18.2 Å². The summed E-state index contributed by atoms with van der Waals surface area (Å²) in [5, 5.41) is 0. The van der Waals surface area contributed by atoms with Gasteiger partial charge in [0.1, 0.15) is 23.2 Å². The molecule has 0 bridgehead atoms. The summed E-state index contributed by atoms with van der Waals surface area (Å²) in [6.45, 7) is 1.58. The standard InChI is InChI=1S/C15H18O4/c1-10(16)5-3-7-12-9-11-6-4-8-13(18-2)14(11)15(17)19-12/h4,6,8,12H,3,5,7,9H2,1-2H3/t12-/m1/s1. The third-order valence-electron chi connectivity index (χ3n) is 3.31. The first kappa shape index (κ1) is 13.6. The molecule has 1 aliphatic rings. The molecule has 0 saturated carbocycles. The van der Waals surface area contributed by atoms with Crippen molar-refractivity contribution in [2.45, 2.75) is 38.7 Å². The zero-order chi connectivity index (χ0) is 13.8. The number of carbonyl (C=O) groups is 2. The van der Waals surface area contributed by atoms with Gasteiger partial charge in [0.15, 0.2) is 0 Å². The van der Waals surface area contributed by atoms with Gasteiger partial charge in [0.2, 0.25) is 0 Å². The monoisotopic (exact) mass is 262 g/mol. The second kappa shape index (κ2) is 5.87. The van der Waals surface area contributed by atoms with Crippen molar-refractivity contribution in [1.29, 1.82) is 0 Å². The highest BCUT2D eigenvalue weighted by molar-refractivity contribution is 5.95. The third kappa shape index (κ3) is 3.13. The number of ether oxygens (including phenoxy) is 2. The minimum atomic E-state index is -0.327. The summed E-state index contributed by atoms with van der Waals surface area (Å²) in [4.78, 5) is 22.9. The molecule has 0 N–H and O–H groups in total. The Morgan fingerprint density at radius 1 is 1.47 bits per heavy atom. The van der Waals surface area contributed by atoms with E-state index in [0.29, 0.717) is 24.2 Å². The Labute approximate surface area is 112 Å². The first-order valence-electron chi connectivity index (χ1n) is 6.48. The predicted octanol–water partition coefficient (Wildman–Crippen LogP) is 2.54. The van der Waals surface area contributed by atoms with E-state index in [1.165, 1.54) is 0 Å². The SMILES string of the molecule is COc1cccc2c1C(=O)O[C@H](CCCC(C)=O)C2. The molecule has 1 aliphatic heterocycles. The van der Waals surface area contributed by atoms with Gasteiger partial charge in [-0.3, -0.25) is 0 Å². The summed E-state index contributed by atoms with van der Waals surface area (Å²) in [6.07, 6.45) is 2.58. The van der Waals surface area contributed by atoms with Crippen molar-refractivity contribution in [1.82, 2.24) is 0 Å². The molecule has 0 spiro atoms. The number of carbonyl (C=O) groups excluding carboxylic acids is 2. The second-order valence-electron chi connectivity index (χ2n) is 4.82. The van der Waals surface area contributed by atoms with Crippen LogP contribution in [0.25, 0.3) is 0 Å². The average Bonchev–Trinajstić information content (AvgIpc) is 2.37. The molecule has 1 aromatic carbocycles. The number of hydrogen-bond donors (Lipinski definition) is 0. The van der Waals surface area contributed by atoms with Crippen LogP contribution in [-0.2, 0) is 16.0 Å². The summed E-state index contributed by atoms with van der Waals surface area (Å²) in [7, 11) is 1.54. The number of benzene rings is 1. The Bertz CT molecular complexity index is 493. The van der Waals surface area contributed by atoms with Crippen molar-refractivity contribution in [3.8, 4) is 5.75 Å². The van der Waals surface area contributed by atoms with E-state index in [1.807, 2.05) is 12.1 Å². The van der Waals surface area contributed by atoms with Crippen LogP contribution >= 0.6 is 0 Å². The molecule has 0 amide bonds. The Kier molecular flexibility index (Phi) is 4.20. The lowest BCUT2D eigenvalue weighted by Crippen LogP contribution is -2.28. The molecule has 1 aromatic rings. The van der Waals surface area contributed by atoms with Crippen LogP contribution in [0.2, 0.25) is 0 Å². The Morgan fingerprint density at radius 3 is 2.95 bits per heavy atom. The fourth-order valence-corrected chi connectivity index (χ4v) is 2.39. The molecule has 0 radical (unpaired) electrons. The van der Waals surface area contributed by atoms with Gasteiger partial charge in [-0.15, -0.1) is 0 Å². The van der Waals surface area contributed by atoms with Crippen molar-refractivity contribution in [2.75, 3.05) is 7.11 Å². The minimum absolute atomic E-state index is 0.133. The minimum Gasteiger partial charge on any atom is -0.496 e. The fraction of sp³-hybridized carbons (Fsp3) is 0.467. The van der Waals surface area contributed by atoms with Gasteiger partial charge in [-0.05, 0) is 31.4 Å². The summed E-state index contributed by atoms with van der Waals surface area (Å²) in [6, 6.07) is 5.56. The quantitative estimate of drug-likeness (QED) is 0.765. The lowest BCUT2D eigenvalue weighted by molar-refractivity contribution is -0.117.